The van der Waals surface area contributed by atoms with Crippen molar-refractivity contribution in [3.63, 3.8) is 0 Å². The molecule has 3 atom stereocenters. The summed E-state index contributed by atoms with van der Waals surface area (Å²) < 4.78 is 0. The van der Waals surface area contributed by atoms with Gasteiger partial charge in [0.1, 0.15) is 0 Å². The van der Waals surface area contributed by atoms with E-state index in [-0.39, 0.29) is 0 Å². The van der Waals surface area contributed by atoms with Crippen LogP contribution in [-0.2, 0) is 0 Å². The summed E-state index contributed by atoms with van der Waals surface area (Å²) in [5.74, 6) is 1.88. The van der Waals surface area contributed by atoms with E-state index in [1.54, 1.807) is 0 Å². The van der Waals surface area contributed by atoms with Crippen LogP contribution in [0, 0.1) is 17.3 Å². The van der Waals surface area contributed by atoms with Gasteiger partial charge >= 0.3 is 0 Å². The van der Waals surface area contributed by atoms with Crippen LogP contribution in [-0.4, -0.2) is 0 Å². The van der Waals surface area contributed by atoms with Gasteiger partial charge in [-0.3, -0.25) is 0 Å². The summed E-state index contributed by atoms with van der Waals surface area (Å²) in [5.41, 5.74) is 0.601. The van der Waals surface area contributed by atoms with Gasteiger partial charge in [-0.15, -0.1) is 0 Å². The molecule has 2 aliphatic carbocycles. The predicted molar refractivity (Wildman–Crippen MR) is 39.1 cm³/mol. The Labute approximate surface area is 57.0 Å². The zero-order valence-corrected chi connectivity index (χ0v) is 6.22. The van der Waals surface area contributed by atoms with Gasteiger partial charge in [0.2, 0.25) is 0 Å². The number of rotatable bonds is 0. The molecule has 0 aromatic rings. The van der Waals surface area contributed by atoms with Crippen LogP contribution in [0.3, 0.4) is 0 Å². The fourth-order valence-corrected chi connectivity index (χ4v) is 2.46. The third kappa shape index (κ3) is 0.654. The molecule has 0 heterocycles. The lowest BCUT2D eigenvalue weighted by molar-refractivity contribution is 0.422. The molecule has 3 unspecified atom stereocenters. The van der Waals surface area contributed by atoms with E-state index < -0.39 is 0 Å². The van der Waals surface area contributed by atoms with Gasteiger partial charge in [-0.1, -0.05) is 26.0 Å². The molecule has 0 N–H and O–H groups in total. The lowest BCUT2D eigenvalue weighted by Crippen LogP contribution is -2.07. The van der Waals surface area contributed by atoms with Gasteiger partial charge < -0.3 is 0 Å². The first-order valence-electron chi connectivity index (χ1n) is 3.89. The largest absolute Gasteiger partial charge is 0.0846 e. The quantitative estimate of drug-likeness (QED) is 0.433. The van der Waals surface area contributed by atoms with Crippen LogP contribution in [0.2, 0.25) is 0 Å². The third-order valence-electron chi connectivity index (χ3n) is 2.97. The Morgan fingerprint density at radius 2 is 2.22 bits per heavy atom. The van der Waals surface area contributed by atoms with Crippen molar-refractivity contribution < 1.29 is 0 Å². The highest BCUT2D eigenvalue weighted by molar-refractivity contribution is 5.15. The zero-order chi connectivity index (χ0) is 6.48. The SMILES string of the molecule is CC1CC2(C)C=CC1C2. The Balaban J connectivity index is 2.30. The summed E-state index contributed by atoms with van der Waals surface area (Å²) in [6, 6.07) is 0. The van der Waals surface area contributed by atoms with Gasteiger partial charge in [0, 0.05) is 0 Å². The fourth-order valence-electron chi connectivity index (χ4n) is 2.46. The highest BCUT2D eigenvalue weighted by atomic mass is 14.5. The first-order valence-corrected chi connectivity index (χ1v) is 3.89. The fraction of sp³-hybridized carbons (Fsp3) is 0.778. The summed E-state index contributed by atoms with van der Waals surface area (Å²) in [7, 11) is 0. The van der Waals surface area contributed by atoms with Crippen molar-refractivity contribution >= 4 is 0 Å². The van der Waals surface area contributed by atoms with Crippen molar-refractivity contribution in [1.82, 2.24) is 0 Å². The van der Waals surface area contributed by atoms with Crippen LogP contribution in [0.4, 0.5) is 0 Å². The average molecular weight is 122 g/mol. The number of fused-ring (bicyclic) bond motifs is 2. The average Bonchev–Trinajstić information content (AvgIpc) is 2.20. The molecule has 0 saturated heterocycles. The summed E-state index contributed by atoms with van der Waals surface area (Å²) in [4.78, 5) is 0. The molecule has 0 aromatic carbocycles. The van der Waals surface area contributed by atoms with E-state index in [0.29, 0.717) is 5.41 Å². The van der Waals surface area contributed by atoms with Crippen molar-refractivity contribution in [1.29, 1.82) is 0 Å². The number of allylic oxidation sites excluding steroid dienone is 2. The Morgan fingerprint density at radius 3 is 2.44 bits per heavy atom. The van der Waals surface area contributed by atoms with E-state index in [0.717, 1.165) is 11.8 Å². The predicted octanol–water partition coefficient (Wildman–Crippen LogP) is 2.61. The minimum Gasteiger partial charge on any atom is -0.0846 e. The zero-order valence-electron chi connectivity index (χ0n) is 6.22. The molecule has 2 rings (SSSR count). The minimum atomic E-state index is 0.601. The lowest BCUT2D eigenvalue weighted by Gasteiger charge is -2.18. The Hall–Kier alpha value is -0.260. The minimum absolute atomic E-state index is 0.601. The maximum absolute atomic E-state index is 2.41. The second-order valence-electron chi connectivity index (χ2n) is 4.06. The maximum atomic E-state index is 2.41. The molecule has 0 radical (unpaired) electrons. The first kappa shape index (κ1) is 5.52. The van der Waals surface area contributed by atoms with Crippen molar-refractivity contribution in [3.8, 4) is 0 Å². The highest BCUT2D eigenvalue weighted by Crippen LogP contribution is 2.51. The second kappa shape index (κ2) is 1.42. The van der Waals surface area contributed by atoms with E-state index in [1.165, 1.54) is 12.8 Å². The highest BCUT2D eigenvalue weighted by Gasteiger charge is 2.41. The van der Waals surface area contributed by atoms with E-state index in [4.69, 9.17) is 0 Å². The molecule has 0 heteroatoms. The molecular weight excluding hydrogens is 108 g/mol. The van der Waals surface area contributed by atoms with Crippen LogP contribution in [0.15, 0.2) is 12.2 Å². The van der Waals surface area contributed by atoms with Gasteiger partial charge in [0.15, 0.2) is 0 Å². The smallest absolute Gasteiger partial charge is 0.0138 e. The normalized spacial score (nSPS) is 54.9. The molecule has 1 fully saturated rings. The molecular formula is C9H14. The Morgan fingerprint density at radius 1 is 1.44 bits per heavy atom. The van der Waals surface area contributed by atoms with Crippen molar-refractivity contribution in [2.24, 2.45) is 17.3 Å². The molecule has 50 valence electrons. The summed E-state index contributed by atoms with van der Waals surface area (Å²) in [6.45, 7) is 4.76. The number of hydrogen-bond donors (Lipinski definition) is 0. The Kier molecular flexibility index (Phi) is 0.870. The summed E-state index contributed by atoms with van der Waals surface area (Å²) in [6.07, 6.45) is 7.67. The molecule has 1 saturated carbocycles. The van der Waals surface area contributed by atoms with E-state index >= 15 is 0 Å². The standard InChI is InChI=1S/C9H14/c1-7-5-9(2)4-3-8(7)6-9/h3-4,7-8H,5-6H2,1-2H3. The molecule has 2 bridgehead atoms. The monoisotopic (exact) mass is 122 g/mol. The van der Waals surface area contributed by atoms with Crippen molar-refractivity contribution in [3.05, 3.63) is 12.2 Å². The van der Waals surface area contributed by atoms with Crippen molar-refractivity contribution in [2.75, 3.05) is 0 Å². The summed E-state index contributed by atoms with van der Waals surface area (Å²) >= 11 is 0. The van der Waals surface area contributed by atoms with Crippen LogP contribution in [0.5, 0.6) is 0 Å². The molecule has 0 aromatic heterocycles. The third-order valence-corrected chi connectivity index (χ3v) is 2.97. The summed E-state index contributed by atoms with van der Waals surface area (Å²) in [5, 5.41) is 0. The van der Waals surface area contributed by atoms with E-state index in [9.17, 15) is 0 Å². The molecule has 0 amide bonds. The van der Waals surface area contributed by atoms with Crippen molar-refractivity contribution in [2.45, 2.75) is 26.7 Å². The molecule has 2 aliphatic rings. The van der Waals surface area contributed by atoms with Crippen LogP contribution in [0.25, 0.3) is 0 Å². The van der Waals surface area contributed by atoms with Crippen LogP contribution in [0.1, 0.15) is 26.7 Å². The molecule has 9 heavy (non-hydrogen) atoms. The van der Waals surface area contributed by atoms with E-state index in [1.807, 2.05) is 0 Å². The van der Waals surface area contributed by atoms with Gasteiger partial charge in [0.25, 0.3) is 0 Å². The van der Waals surface area contributed by atoms with Gasteiger partial charge in [0.05, 0.1) is 0 Å². The molecule has 0 nitrogen and oxygen atoms in total. The lowest BCUT2D eigenvalue weighted by atomic mass is 9.87. The Bertz CT molecular complexity index is 157. The second-order valence-corrected chi connectivity index (χ2v) is 4.06. The molecule has 0 spiro atoms. The van der Waals surface area contributed by atoms with E-state index in [2.05, 4.69) is 26.0 Å². The number of hydrogen-bond acceptors (Lipinski definition) is 0. The maximum Gasteiger partial charge on any atom is -0.0138 e. The molecule has 0 aliphatic heterocycles. The first-order chi connectivity index (χ1) is 4.20. The van der Waals surface area contributed by atoms with Gasteiger partial charge in [-0.25, -0.2) is 0 Å². The van der Waals surface area contributed by atoms with Gasteiger partial charge in [-0.2, -0.15) is 0 Å². The topological polar surface area (TPSA) is 0 Å². The van der Waals surface area contributed by atoms with Gasteiger partial charge in [-0.05, 0) is 30.1 Å². The van der Waals surface area contributed by atoms with Crippen LogP contribution >= 0.6 is 0 Å². The van der Waals surface area contributed by atoms with Crippen LogP contribution < -0.4 is 0 Å².